The van der Waals surface area contributed by atoms with E-state index in [1.807, 2.05) is 25.1 Å². The molecule has 1 atom stereocenters. The highest BCUT2D eigenvalue weighted by molar-refractivity contribution is 5.80. The van der Waals surface area contributed by atoms with Crippen molar-refractivity contribution in [3.8, 4) is 11.5 Å². The SMILES string of the molecule is CCOc1cc(CNC(=O)[C@H](C)N)ccc1OC. The lowest BCUT2D eigenvalue weighted by atomic mass is 10.2. The summed E-state index contributed by atoms with van der Waals surface area (Å²) >= 11 is 0. The van der Waals surface area contributed by atoms with E-state index in [0.29, 0.717) is 24.7 Å². The van der Waals surface area contributed by atoms with Crippen molar-refractivity contribution in [1.29, 1.82) is 0 Å². The van der Waals surface area contributed by atoms with Gasteiger partial charge in [0.25, 0.3) is 0 Å². The molecule has 0 bridgehead atoms. The van der Waals surface area contributed by atoms with Gasteiger partial charge in [0.05, 0.1) is 19.8 Å². The molecule has 0 fully saturated rings. The maximum atomic E-state index is 11.4. The van der Waals surface area contributed by atoms with Gasteiger partial charge >= 0.3 is 0 Å². The van der Waals surface area contributed by atoms with E-state index in [4.69, 9.17) is 15.2 Å². The van der Waals surface area contributed by atoms with Crippen LogP contribution in [-0.2, 0) is 11.3 Å². The average molecular weight is 252 g/mol. The minimum atomic E-state index is -0.505. The third-order valence-electron chi connectivity index (χ3n) is 2.41. The van der Waals surface area contributed by atoms with Gasteiger partial charge in [-0.2, -0.15) is 0 Å². The minimum absolute atomic E-state index is 0.177. The molecule has 1 aromatic carbocycles. The number of carbonyl (C=O) groups is 1. The van der Waals surface area contributed by atoms with Crippen LogP contribution in [0.3, 0.4) is 0 Å². The van der Waals surface area contributed by atoms with Crippen LogP contribution >= 0.6 is 0 Å². The Bertz CT molecular complexity index is 405. The zero-order chi connectivity index (χ0) is 13.5. The van der Waals surface area contributed by atoms with Crippen LogP contribution < -0.4 is 20.5 Å². The Labute approximate surface area is 107 Å². The lowest BCUT2D eigenvalue weighted by Crippen LogP contribution is -2.37. The number of benzene rings is 1. The van der Waals surface area contributed by atoms with Crippen molar-refractivity contribution in [2.75, 3.05) is 13.7 Å². The number of hydrogen-bond acceptors (Lipinski definition) is 4. The summed E-state index contributed by atoms with van der Waals surface area (Å²) in [6.07, 6.45) is 0. The first-order valence-electron chi connectivity index (χ1n) is 5.91. The first-order valence-corrected chi connectivity index (χ1v) is 5.91. The first kappa shape index (κ1) is 14.3. The zero-order valence-corrected chi connectivity index (χ0v) is 11.0. The van der Waals surface area contributed by atoms with Crippen LogP contribution in [-0.4, -0.2) is 25.7 Å². The highest BCUT2D eigenvalue weighted by Crippen LogP contribution is 2.27. The van der Waals surface area contributed by atoms with Crippen molar-refractivity contribution in [2.24, 2.45) is 5.73 Å². The van der Waals surface area contributed by atoms with E-state index in [9.17, 15) is 4.79 Å². The van der Waals surface area contributed by atoms with Crippen LogP contribution in [0.15, 0.2) is 18.2 Å². The number of carbonyl (C=O) groups excluding carboxylic acids is 1. The normalized spacial score (nSPS) is 11.8. The van der Waals surface area contributed by atoms with E-state index in [-0.39, 0.29) is 5.91 Å². The highest BCUT2D eigenvalue weighted by Gasteiger charge is 2.08. The summed E-state index contributed by atoms with van der Waals surface area (Å²) in [7, 11) is 1.59. The smallest absolute Gasteiger partial charge is 0.236 e. The average Bonchev–Trinajstić information content (AvgIpc) is 2.36. The molecule has 100 valence electrons. The molecular weight excluding hydrogens is 232 g/mol. The Kier molecular flexibility index (Phi) is 5.45. The fourth-order valence-electron chi connectivity index (χ4n) is 1.45. The van der Waals surface area contributed by atoms with Crippen molar-refractivity contribution in [1.82, 2.24) is 5.32 Å². The second kappa shape index (κ2) is 6.86. The van der Waals surface area contributed by atoms with Crippen molar-refractivity contribution >= 4 is 5.91 Å². The van der Waals surface area contributed by atoms with Gasteiger partial charge in [0.2, 0.25) is 5.91 Å². The number of nitrogens with two attached hydrogens (primary N) is 1. The number of nitrogens with one attached hydrogen (secondary N) is 1. The van der Waals surface area contributed by atoms with Crippen LogP contribution in [0, 0.1) is 0 Å². The molecule has 0 aliphatic rings. The van der Waals surface area contributed by atoms with E-state index < -0.39 is 6.04 Å². The molecule has 0 heterocycles. The largest absolute Gasteiger partial charge is 0.493 e. The van der Waals surface area contributed by atoms with Crippen molar-refractivity contribution < 1.29 is 14.3 Å². The molecule has 0 radical (unpaired) electrons. The van der Waals surface area contributed by atoms with Gasteiger partial charge < -0.3 is 20.5 Å². The fraction of sp³-hybridized carbons (Fsp3) is 0.462. The monoisotopic (exact) mass is 252 g/mol. The van der Waals surface area contributed by atoms with E-state index in [0.717, 1.165) is 5.56 Å². The van der Waals surface area contributed by atoms with Crippen LogP contribution in [0.1, 0.15) is 19.4 Å². The van der Waals surface area contributed by atoms with Gasteiger partial charge in [0.15, 0.2) is 11.5 Å². The molecule has 1 amide bonds. The van der Waals surface area contributed by atoms with Crippen molar-refractivity contribution in [2.45, 2.75) is 26.4 Å². The van der Waals surface area contributed by atoms with Crippen LogP contribution in [0.5, 0.6) is 11.5 Å². The number of hydrogen-bond donors (Lipinski definition) is 2. The molecule has 18 heavy (non-hydrogen) atoms. The molecule has 0 aromatic heterocycles. The Hall–Kier alpha value is -1.75. The molecule has 0 spiro atoms. The molecule has 1 aromatic rings. The molecule has 0 saturated carbocycles. The summed E-state index contributed by atoms with van der Waals surface area (Å²) in [5, 5.41) is 2.74. The minimum Gasteiger partial charge on any atom is -0.493 e. The predicted molar refractivity (Wildman–Crippen MR) is 69.7 cm³/mol. The van der Waals surface area contributed by atoms with Crippen LogP contribution in [0.4, 0.5) is 0 Å². The molecule has 0 aliphatic heterocycles. The number of rotatable bonds is 6. The molecule has 5 nitrogen and oxygen atoms in total. The van der Waals surface area contributed by atoms with Crippen LogP contribution in [0.25, 0.3) is 0 Å². The Balaban J connectivity index is 2.72. The fourth-order valence-corrected chi connectivity index (χ4v) is 1.45. The molecular formula is C13H20N2O3. The molecule has 1 rings (SSSR count). The summed E-state index contributed by atoms with van der Waals surface area (Å²) in [5.41, 5.74) is 6.40. The van der Waals surface area contributed by atoms with Gasteiger partial charge in [-0.3, -0.25) is 4.79 Å². The van der Waals surface area contributed by atoms with Crippen molar-refractivity contribution in [3.63, 3.8) is 0 Å². The van der Waals surface area contributed by atoms with E-state index in [1.165, 1.54) is 0 Å². The quantitative estimate of drug-likeness (QED) is 0.794. The maximum absolute atomic E-state index is 11.4. The van der Waals surface area contributed by atoms with Crippen LogP contribution in [0.2, 0.25) is 0 Å². The topological polar surface area (TPSA) is 73.6 Å². The highest BCUT2D eigenvalue weighted by atomic mass is 16.5. The van der Waals surface area contributed by atoms with Crippen molar-refractivity contribution in [3.05, 3.63) is 23.8 Å². The number of methoxy groups -OCH3 is 1. The first-order chi connectivity index (χ1) is 8.58. The molecule has 3 N–H and O–H groups in total. The van der Waals surface area contributed by atoms with Gasteiger partial charge in [-0.15, -0.1) is 0 Å². The lowest BCUT2D eigenvalue weighted by molar-refractivity contribution is -0.122. The standard InChI is InChI=1S/C13H20N2O3/c1-4-18-12-7-10(5-6-11(12)17-3)8-15-13(16)9(2)14/h5-7,9H,4,8,14H2,1-3H3,(H,15,16)/t9-/m0/s1. The lowest BCUT2D eigenvalue weighted by Gasteiger charge is -2.12. The van der Waals surface area contributed by atoms with Gasteiger partial charge in [-0.25, -0.2) is 0 Å². The second-order valence-electron chi connectivity index (χ2n) is 3.92. The Morgan fingerprint density at radius 3 is 2.72 bits per heavy atom. The van der Waals surface area contributed by atoms with Gasteiger partial charge in [-0.1, -0.05) is 6.07 Å². The third-order valence-corrected chi connectivity index (χ3v) is 2.41. The van der Waals surface area contributed by atoms with E-state index in [1.54, 1.807) is 14.0 Å². The predicted octanol–water partition coefficient (Wildman–Crippen LogP) is 1.06. The third kappa shape index (κ3) is 3.92. The van der Waals surface area contributed by atoms with Gasteiger partial charge in [0.1, 0.15) is 0 Å². The van der Waals surface area contributed by atoms with E-state index in [2.05, 4.69) is 5.32 Å². The van der Waals surface area contributed by atoms with Gasteiger partial charge in [0, 0.05) is 6.54 Å². The molecule has 5 heteroatoms. The summed E-state index contributed by atoms with van der Waals surface area (Å²) in [4.78, 5) is 11.4. The molecule has 0 unspecified atom stereocenters. The second-order valence-corrected chi connectivity index (χ2v) is 3.92. The summed E-state index contributed by atoms with van der Waals surface area (Å²) < 4.78 is 10.6. The van der Waals surface area contributed by atoms with E-state index >= 15 is 0 Å². The Morgan fingerprint density at radius 1 is 1.44 bits per heavy atom. The Morgan fingerprint density at radius 2 is 2.17 bits per heavy atom. The number of ether oxygens (including phenoxy) is 2. The summed E-state index contributed by atoms with van der Waals surface area (Å²) in [5.74, 6) is 1.18. The zero-order valence-electron chi connectivity index (χ0n) is 11.0. The summed E-state index contributed by atoms with van der Waals surface area (Å²) in [6.45, 7) is 4.54. The summed E-state index contributed by atoms with van der Waals surface area (Å²) in [6, 6.07) is 5.04. The molecule has 0 aliphatic carbocycles. The molecule has 0 saturated heterocycles. The van der Waals surface area contributed by atoms with Gasteiger partial charge in [-0.05, 0) is 31.5 Å². The maximum Gasteiger partial charge on any atom is 0.236 e. The number of amides is 1.